The topological polar surface area (TPSA) is 96.3 Å². The third-order valence-electron chi connectivity index (χ3n) is 5.79. The first-order valence-electron chi connectivity index (χ1n) is 11.0. The summed E-state index contributed by atoms with van der Waals surface area (Å²) in [5.74, 6) is -0.916. The van der Waals surface area contributed by atoms with Gasteiger partial charge in [0.25, 0.3) is 0 Å². The van der Waals surface area contributed by atoms with E-state index in [4.69, 9.17) is 19.7 Å². The summed E-state index contributed by atoms with van der Waals surface area (Å²) < 4.78 is 49.6. The fourth-order valence-electron chi connectivity index (χ4n) is 4.05. The van der Waals surface area contributed by atoms with E-state index in [-0.39, 0.29) is 6.04 Å². The maximum Gasteiger partial charge on any atom is 0.416 e. The number of rotatable bonds is 5. The van der Waals surface area contributed by atoms with Crippen LogP contribution in [-0.2, 0) is 28.6 Å². The summed E-state index contributed by atoms with van der Waals surface area (Å²) in [6, 6.07) is 9.86. The second-order valence-corrected chi connectivity index (χ2v) is 8.18. The molecular weight excluding hydrogens is 467 g/mol. The highest BCUT2D eigenvalue weighted by molar-refractivity contribution is 5.89. The fourth-order valence-corrected chi connectivity index (χ4v) is 4.05. The van der Waals surface area contributed by atoms with Gasteiger partial charge in [-0.05, 0) is 67.3 Å². The number of fused-ring (bicyclic) bond motifs is 2. The smallest absolute Gasteiger partial charge is 0.416 e. The lowest BCUT2D eigenvalue weighted by atomic mass is 9.88. The lowest BCUT2D eigenvalue weighted by Crippen LogP contribution is -2.33. The molecule has 4 rings (SSSR count). The van der Waals surface area contributed by atoms with E-state index in [1.165, 1.54) is 11.1 Å². The molecule has 0 bridgehead atoms. The minimum absolute atomic E-state index is 0.215. The highest BCUT2D eigenvalue weighted by Crippen LogP contribution is 2.40. The van der Waals surface area contributed by atoms with Gasteiger partial charge in [-0.15, -0.1) is 0 Å². The monoisotopic (exact) mass is 493 g/mol. The van der Waals surface area contributed by atoms with Gasteiger partial charge < -0.3 is 19.7 Å². The van der Waals surface area contributed by atoms with Crippen LogP contribution in [0.15, 0.2) is 48.6 Å². The molecule has 0 aromatic heterocycles. The molecule has 2 aromatic rings. The first-order chi connectivity index (χ1) is 16.5. The van der Waals surface area contributed by atoms with E-state index in [2.05, 4.69) is 24.1 Å². The molecule has 0 amide bonds. The zero-order valence-corrected chi connectivity index (χ0v) is 19.0. The third-order valence-corrected chi connectivity index (χ3v) is 5.79. The highest BCUT2D eigenvalue weighted by atomic mass is 19.4. The lowest BCUT2D eigenvalue weighted by Gasteiger charge is -2.36. The van der Waals surface area contributed by atoms with Gasteiger partial charge in [0, 0.05) is 24.7 Å². The number of alkyl halides is 3. The molecule has 0 spiro atoms. The Morgan fingerprint density at radius 3 is 2.14 bits per heavy atom. The molecule has 0 saturated carbocycles. The molecule has 2 aliphatic heterocycles. The van der Waals surface area contributed by atoms with Crippen molar-refractivity contribution in [3.05, 3.63) is 70.8 Å². The molecule has 7 nitrogen and oxygen atoms in total. The molecule has 188 valence electrons. The highest BCUT2D eigenvalue weighted by Gasteiger charge is 2.30. The number of likely N-dealkylation sites (N-methyl/N-ethyl adjacent to an activating group) is 1. The van der Waals surface area contributed by atoms with Crippen LogP contribution in [-0.4, -0.2) is 53.9 Å². The first kappa shape index (κ1) is 26.1. The van der Waals surface area contributed by atoms with Crippen LogP contribution < -0.4 is 9.47 Å². The van der Waals surface area contributed by atoms with Crippen LogP contribution in [0.4, 0.5) is 13.2 Å². The van der Waals surface area contributed by atoms with E-state index >= 15 is 0 Å². The molecule has 2 N–H and O–H groups in total. The first-order valence-corrected chi connectivity index (χ1v) is 11.0. The number of carbonyl (C=O) groups is 2. The summed E-state index contributed by atoms with van der Waals surface area (Å²) in [4.78, 5) is 21.4. The zero-order chi connectivity index (χ0) is 25.6. The number of hydrogen-bond acceptors (Lipinski definition) is 5. The van der Waals surface area contributed by atoms with E-state index < -0.39 is 23.7 Å². The van der Waals surface area contributed by atoms with Gasteiger partial charge in [0.1, 0.15) is 13.2 Å². The Bertz CT molecular complexity index is 1070. The second-order valence-electron chi connectivity index (χ2n) is 8.18. The molecule has 0 saturated heterocycles. The van der Waals surface area contributed by atoms with Gasteiger partial charge >= 0.3 is 18.1 Å². The number of benzene rings is 2. The number of carboxylic acid groups (broad SMARTS) is 2. The van der Waals surface area contributed by atoms with Crippen molar-refractivity contribution in [2.75, 3.05) is 26.8 Å². The SMILES string of the molecule is CN1CCc2cc3c(cc2C1CCc1ccc(C(F)(F)F)cc1)OCCO3.O=C(O)/C=C/C(=O)O. The van der Waals surface area contributed by atoms with Crippen molar-refractivity contribution in [2.24, 2.45) is 0 Å². The molecule has 2 aromatic carbocycles. The Labute approximate surface area is 200 Å². The van der Waals surface area contributed by atoms with Crippen LogP contribution in [0, 0.1) is 0 Å². The van der Waals surface area contributed by atoms with E-state index in [9.17, 15) is 22.8 Å². The number of hydrogen-bond donors (Lipinski definition) is 2. The van der Waals surface area contributed by atoms with Crippen LogP contribution in [0.25, 0.3) is 0 Å². The Morgan fingerprint density at radius 1 is 1.03 bits per heavy atom. The van der Waals surface area contributed by atoms with Gasteiger partial charge in [-0.3, -0.25) is 4.90 Å². The molecule has 0 radical (unpaired) electrons. The maximum atomic E-state index is 12.7. The number of aliphatic carboxylic acids is 2. The minimum Gasteiger partial charge on any atom is -0.486 e. The van der Waals surface area contributed by atoms with E-state index in [1.807, 2.05) is 0 Å². The Balaban J connectivity index is 0.000000371. The predicted molar refractivity (Wildman–Crippen MR) is 121 cm³/mol. The summed E-state index contributed by atoms with van der Waals surface area (Å²) in [6.45, 7) is 2.07. The molecule has 10 heteroatoms. The van der Waals surface area contributed by atoms with E-state index in [0.29, 0.717) is 25.4 Å². The average Bonchev–Trinajstić information content (AvgIpc) is 2.81. The van der Waals surface area contributed by atoms with Crippen molar-refractivity contribution < 1.29 is 42.4 Å². The molecule has 1 unspecified atom stereocenters. The van der Waals surface area contributed by atoms with Crippen LogP contribution in [0.5, 0.6) is 11.5 Å². The summed E-state index contributed by atoms with van der Waals surface area (Å²) in [7, 11) is 2.09. The van der Waals surface area contributed by atoms with Crippen molar-refractivity contribution in [1.82, 2.24) is 4.90 Å². The molecule has 1 atom stereocenters. The molecule has 2 aliphatic rings. The molecule has 35 heavy (non-hydrogen) atoms. The number of nitrogens with zero attached hydrogens (tertiary/aromatic N) is 1. The van der Waals surface area contributed by atoms with Crippen LogP contribution in [0.3, 0.4) is 0 Å². The van der Waals surface area contributed by atoms with Gasteiger partial charge in [0.15, 0.2) is 11.5 Å². The van der Waals surface area contributed by atoms with Crippen molar-refractivity contribution in [2.45, 2.75) is 31.5 Å². The lowest BCUT2D eigenvalue weighted by molar-refractivity contribution is -0.137. The number of carboxylic acids is 2. The van der Waals surface area contributed by atoms with Crippen LogP contribution in [0.1, 0.15) is 34.7 Å². The molecule has 0 aliphatic carbocycles. The minimum atomic E-state index is -4.29. The van der Waals surface area contributed by atoms with Gasteiger partial charge in [0.2, 0.25) is 0 Å². The van der Waals surface area contributed by atoms with Gasteiger partial charge in [0.05, 0.1) is 5.56 Å². The standard InChI is InChI=1S/C21H22F3NO2.C4H4O4/c1-25-9-8-15-12-19-20(27-11-10-26-19)13-17(15)18(25)7-4-14-2-5-16(6-3-14)21(22,23)24;5-3(6)1-2-4(7)8/h2-3,5-6,12-13,18H,4,7-11H2,1H3;1-2H,(H,5,6)(H,7,8)/b;2-1+. The molecular formula is C25H26F3NO6. The van der Waals surface area contributed by atoms with Gasteiger partial charge in [-0.2, -0.15) is 13.2 Å². The normalized spacial score (nSPS) is 17.3. The second kappa shape index (κ2) is 11.3. The Kier molecular flexibility index (Phi) is 8.39. The molecule has 0 fully saturated rings. The van der Waals surface area contributed by atoms with E-state index in [0.717, 1.165) is 55.0 Å². The van der Waals surface area contributed by atoms with Crippen molar-refractivity contribution in [3.63, 3.8) is 0 Å². The number of ether oxygens (including phenoxy) is 2. The predicted octanol–water partition coefficient (Wildman–Crippen LogP) is 4.35. The van der Waals surface area contributed by atoms with Crippen LogP contribution >= 0.6 is 0 Å². The van der Waals surface area contributed by atoms with Crippen LogP contribution in [0.2, 0.25) is 0 Å². The largest absolute Gasteiger partial charge is 0.486 e. The van der Waals surface area contributed by atoms with Crippen molar-refractivity contribution in [1.29, 1.82) is 0 Å². The van der Waals surface area contributed by atoms with Gasteiger partial charge in [-0.1, -0.05) is 12.1 Å². The van der Waals surface area contributed by atoms with Crippen molar-refractivity contribution in [3.8, 4) is 11.5 Å². The van der Waals surface area contributed by atoms with Crippen molar-refractivity contribution >= 4 is 11.9 Å². The molecule has 2 heterocycles. The maximum absolute atomic E-state index is 12.7. The number of halogens is 3. The quantitative estimate of drug-likeness (QED) is 0.598. The van der Waals surface area contributed by atoms with Gasteiger partial charge in [-0.25, -0.2) is 9.59 Å². The van der Waals surface area contributed by atoms with E-state index in [1.54, 1.807) is 12.1 Å². The summed E-state index contributed by atoms with van der Waals surface area (Å²) >= 11 is 0. The Hall–Kier alpha value is -3.53. The summed E-state index contributed by atoms with van der Waals surface area (Å²) in [6.07, 6.45) is -0.651. The zero-order valence-electron chi connectivity index (χ0n) is 19.0. The summed E-state index contributed by atoms with van der Waals surface area (Å²) in [5, 5.41) is 15.6. The number of aryl methyl sites for hydroxylation is 1. The fraction of sp³-hybridized carbons (Fsp3) is 0.360. The third kappa shape index (κ3) is 7.22. The summed E-state index contributed by atoms with van der Waals surface area (Å²) in [5.41, 5.74) is 2.82. The Morgan fingerprint density at radius 2 is 1.60 bits per heavy atom. The average molecular weight is 493 g/mol.